The van der Waals surface area contributed by atoms with Crippen LogP contribution in [0.5, 0.6) is 0 Å². The summed E-state index contributed by atoms with van der Waals surface area (Å²) in [7, 11) is 6.44. The first kappa shape index (κ1) is 10.4. The first-order valence-corrected chi connectivity index (χ1v) is 6.60. The van der Waals surface area contributed by atoms with Crippen LogP contribution in [0.1, 0.15) is 6.92 Å². The molecule has 0 aromatic rings. The smallest absolute Gasteiger partial charge is 0.305 e. The lowest BCUT2D eigenvalue weighted by Gasteiger charge is -2.35. The van der Waals surface area contributed by atoms with E-state index in [1.165, 1.54) is 0 Å². The van der Waals surface area contributed by atoms with Gasteiger partial charge in [0.05, 0.1) is 0 Å². The lowest BCUT2D eigenvalue weighted by Crippen LogP contribution is -2.55. The van der Waals surface area contributed by atoms with Gasteiger partial charge in [-0.1, -0.05) is 6.92 Å². The van der Waals surface area contributed by atoms with Crippen LogP contribution >= 0.6 is 11.1 Å². The summed E-state index contributed by atoms with van der Waals surface area (Å²) in [6.45, 7) is 2.14. The molecule has 0 rings (SSSR count). The van der Waals surface area contributed by atoms with Crippen LogP contribution in [-0.2, 0) is 0 Å². The molecular formula is C6H17ClN2Si. The molecule has 2 nitrogen and oxygen atoms in total. The van der Waals surface area contributed by atoms with Gasteiger partial charge in [-0.15, -0.1) is 11.1 Å². The van der Waals surface area contributed by atoms with E-state index >= 15 is 0 Å². The van der Waals surface area contributed by atoms with Gasteiger partial charge in [-0.05, 0) is 34.2 Å². The van der Waals surface area contributed by atoms with Gasteiger partial charge in [-0.25, -0.2) is 0 Å². The summed E-state index contributed by atoms with van der Waals surface area (Å²) in [6.07, 6.45) is 0. The standard InChI is InChI=1S/C6H17ClN2Si/c1-6-10(7,8(2)3)9(4)5/h6H2,1-5H3. The molecule has 10 heavy (non-hydrogen) atoms. The molecule has 0 N–H and O–H groups in total. The zero-order chi connectivity index (χ0) is 8.36. The fraction of sp³-hybridized carbons (Fsp3) is 1.00. The van der Waals surface area contributed by atoms with Gasteiger partial charge in [0.2, 0.25) is 0 Å². The summed E-state index contributed by atoms with van der Waals surface area (Å²) >= 11 is 6.38. The Morgan fingerprint density at radius 1 is 1.10 bits per heavy atom. The average molecular weight is 181 g/mol. The van der Waals surface area contributed by atoms with Gasteiger partial charge >= 0.3 is 7.71 Å². The van der Waals surface area contributed by atoms with Crippen LogP contribution in [0, 0.1) is 0 Å². The summed E-state index contributed by atoms with van der Waals surface area (Å²) < 4.78 is 4.29. The summed E-state index contributed by atoms with van der Waals surface area (Å²) in [4.78, 5) is 0. The lowest BCUT2D eigenvalue weighted by atomic mass is 11.0. The van der Waals surface area contributed by atoms with Crippen LogP contribution < -0.4 is 0 Å². The molecule has 0 saturated heterocycles. The second-order valence-corrected chi connectivity index (χ2v) is 8.61. The van der Waals surface area contributed by atoms with E-state index in [4.69, 9.17) is 11.1 Å². The van der Waals surface area contributed by atoms with Crippen molar-refractivity contribution < 1.29 is 0 Å². The second kappa shape index (κ2) is 3.71. The molecule has 0 aliphatic rings. The maximum absolute atomic E-state index is 6.38. The minimum atomic E-state index is -1.74. The zero-order valence-corrected chi connectivity index (χ0v) is 9.24. The van der Waals surface area contributed by atoms with E-state index in [1.807, 2.05) is 28.2 Å². The van der Waals surface area contributed by atoms with Crippen molar-refractivity contribution in [3.63, 3.8) is 0 Å². The maximum atomic E-state index is 6.38. The Hall–Kier alpha value is 0.427. The van der Waals surface area contributed by atoms with Crippen molar-refractivity contribution in [1.82, 2.24) is 9.13 Å². The Morgan fingerprint density at radius 3 is 1.40 bits per heavy atom. The molecular weight excluding hydrogens is 164 g/mol. The normalized spacial score (nSPS) is 13.2. The number of hydrogen-bond donors (Lipinski definition) is 0. The van der Waals surface area contributed by atoms with E-state index in [0.717, 1.165) is 6.04 Å². The fourth-order valence-corrected chi connectivity index (χ4v) is 3.10. The summed E-state index contributed by atoms with van der Waals surface area (Å²) in [5.74, 6) is 0. The van der Waals surface area contributed by atoms with E-state index < -0.39 is 7.71 Å². The maximum Gasteiger partial charge on any atom is 0.306 e. The van der Waals surface area contributed by atoms with Crippen molar-refractivity contribution >= 4 is 18.8 Å². The minimum Gasteiger partial charge on any atom is -0.305 e. The Balaban J connectivity index is 4.23. The van der Waals surface area contributed by atoms with Gasteiger partial charge < -0.3 is 9.13 Å². The molecule has 0 bridgehead atoms. The van der Waals surface area contributed by atoms with Gasteiger partial charge in [0.15, 0.2) is 0 Å². The van der Waals surface area contributed by atoms with Crippen molar-refractivity contribution in [2.75, 3.05) is 28.2 Å². The number of hydrogen-bond acceptors (Lipinski definition) is 2. The highest BCUT2D eigenvalue weighted by Crippen LogP contribution is 2.18. The molecule has 0 aliphatic heterocycles. The Labute approximate surface area is 69.6 Å². The molecule has 0 fully saturated rings. The molecule has 0 heterocycles. The van der Waals surface area contributed by atoms with Crippen molar-refractivity contribution in [1.29, 1.82) is 0 Å². The van der Waals surface area contributed by atoms with Crippen LogP contribution in [0.25, 0.3) is 0 Å². The summed E-state index contributed by atoms with van der Waals surface area (Å²) in [5, 5.41) is 0. The van der Waals surface area contributed by atoms with Crippen molar-refractivity contribution in [2.45, 2.75) is 13.0 Å². The van der Waals surface area contributed by atoms with E-state index in [0.29, 0.717) is 0 Å². The van der Waals surface area contributed by atoms with Gasteiger partial charge in [0.25, 0.3) is 0 Å². The third-order valence-electron chi connectivity index (χ3n) is 1.82. The van der Waals surface area contributed by atoms with Gasteiger partial charge in [-0.2, -0.15) is 0 Å². The first-order chi connectivity index (χ1) is 4.45. The molecule has 0 unspecified atom stereocenters. The van der Waals surface area contributed by atoms with E-state index in [2.05, 4.69) is 16.1 Å². The largest absolute Gasteiger partial charge is 0.306 e. The highest BCUT2D eigenvalue weighted by Gasteiger charge is 2.34. The predicted molar refractivity (Wildman–Crippen MR) is 49.5 cm³/mol. The fourth-order valence-electron chi connectivity index (χ4n) is 1.03. The van der Waals surface area contributed by atoms with Gasteiger partial charge in [0.1, 0.15) is 0 Å². The number of halogens is 1. The van der Waals surface area contributed by atoms with Crippen molar-refractivity contribution in [2.24, 2.45) is 0 Å². The van der Waals surface area contributed by atoms with Crippen LogP contribution in [0.15, 0.2) is 0 Å². The molecule has 0 aromatic carbocycles. The molecule has 0 atom stereocenters. The summed E-state index contributed by atoms with van der Waals surface area (Å²) in [5.41, 5.74) is 0. The summed E-state index contributed by atoms with van der Waals surface area (Å²) in [6, 6.07) is 1.05. The van der Waals surface area contributed by atoms with Gasteiger partial charge in [-0.3, -0.25) is 0 Å². The monoisotopic (exact) mass is 180 g/mol. The average Bonchev–Trinajstić information content (AvgIpc) is 1.85. The van der Waals surface area contributed by atoms with E-state index in [1.54, 1.807) is 0 Å². The molecule has 0 amide bonds. The molecule has 62 valence electrons. The zero-order valence-electron chi connectivity index (χ0n) is 7.48. The Morgan fingerprint density at radius 2 is 1.40 bits per heavy atom. The number of rotatable bonds is 3. The van der Waals surface area contributed by atoms with Crippen molar-refractivity contribution in [3.8, 4) is 0 Å². The van der Waals surface area contributed by atoms with Crippen LogP contribution in [0.4, 0.5) is 0 Å². The molecule has 0 aliphatic carbocycles. The van der Waals surface area contributed by atoms with Gasteiger partial charge in [0, 0.05) is 0 Å². The van der Waals surface area contributed by atoms with Crippen molar-refractivity contribution in [3.05, 3.63) is 0 Å². The Kier molecular flexibility index (Phi) is 3.87. The van der Waals surface area contributed by atoms with E-state index in [9.17, 15) is 0 Å². The second-order valence-electron chi connectivity index (χ2n) is 2.86. The highest BCUT2D eigenvalue weighted by atomic mass is 35.6. The number of nitrogens with zero attached hydrogens (tertiary/aromatic N) is 2. The highest BCUT2D eigenvalue weighted by molar-refractivity contribution is 7.16. The minimum absolute atomic E-state index is 1.05. The first-order valence-electron chi connectivity index (χ1n) is 3.49. The quantitative estimate of drug-likeness (QED) is 0.478. The topological polar surface area (TPSA) is 6.48 Å². The third-order valence-corrected chi connectivity index (χ3v) is 8.29. The predicted octanol–water partition coefficient (Wildman–Crippen LogP) is 1.31. The van der Waals surface area contributed by atoms with Crippen LogP contribution in [0.3, 0.4) is 0 Å². The third kappa shape index (κ3) is 1.95. The van der Waals surface area contributed by atoms with E-state index in [-0.39, 0.29) is 0 Å². The molecule has 0 spiro atoms. The van der Waals surface area contributed by atoms with Crippen LogP contribution in [-0.4, -0.2) is 45.0 Å². The Bertz CT molecular complexity index is 97.9. The molecule has 0 aromatic heterocycles. The molecule has 0 saturated carbocycles. The molecule has 0 radical (unpaired) electrons. The SMILES string of the molecule is CC[Si](Cl)(N(C)C)N(C)C. The van der Waals surface area contributed by atoms with Crippen LogP contribution in [0.2, 0.25) is 6.04 Å². The lowest BCUT2D eigenvalue weighted by molar-refractivity contribution is 0.504. The molecule has 4 heteroatoms.